The summed E-state index contributed by atoms with van der Waals surface area (Å²) in [6.07, 6.45) is 1.62. The molecule has 2 rings (SSSR count). The van der Waals surface area contributed by atoms with Gasteiger partial charge in [-0.1, -0.05) is 11.8 Å². The molecule has 8 heteroatoms. The highest BCUT2D eigenvalue weighted by atomic mass is 127. The van der Waals surface area contributed by atoms with Gasteiger partial charge >= 0.3 is 0 Å². The molecule has 1 fully saturated rings. The molecule has 6 nitrogen and oxygen atoms in total. The fourth-order valence-electron chi connectivity index (χ4n) is 1.74. The maximum Gasteiger partial charge on any atom is 0.236 e. The summed E-state index contributed by atoms with van der Waals surface area (Å²) in [5.74, 6) is 1.78. The number of halogens is 1. The van der Waals surface area contributed by atoms with Crippen molar-refractivity contribution in [3.8, 4) is 11.5 Å². The maximum atomic E-state index is 11.1. The fourth-order valence-corrected chi connectivity index (χ4v) is 3.15. The molecule has 22 heavy (non-hydrogen) atoms. The van der Waals surface area contributed by atoms with E-state index in [0.29, 0.717) is 29.9 Å². The number of thioether (sulfide) groups is 1. The van der Waals surface area contributed by atoms with Gasteiger partial charge < -0.3 is 14.8 Å². The molecule has 118 valence electrons. The predicted molar refractivity (Wildman–Crippen MR) is 97.1 cm³/mol. The standard InChI is InChI=1S/C14H16IN3O3S/c1-3-20-11-6-9(5-10(15)13(11)21-4-2)7-16-18-14-17-12(19)8-22-14/h5-7H,3-4,8H2,1-2H3,(H,17,18,19). The summed E-state index contributed by atoms with van der Waals surface area (Å²) in [5.41, 5.74) is 0.856. The van der Waals surface area contributed by atoms with Gasteiger partial charge in [-0.05, 0) is 54.1 Å². The van der Waals surface area contributed by atoms with Gasteiger partial charge in [0, 0.05) is 0 Å². The van der Waals surface area contributed by atoms with E-state index in [1.807, 2.05) is 26.0 Å². The molecular weight excluding hydrogens is 417 g/mol. The largest absolute Gasteiger partial charge is 0.490 e. The molecule has 1 heterocycles. The van der Waals surface area contributed by atoms with E-state index in [9.17, 15) is 4.79 Å². The summed E-state index contributed by atoms with van der Waals surface area (Å²) >= 11 is 3.54. The van der Waals surface area contributed by atoms with Crippen LogP contribution in [0.4, 0.5) is 0 Å². The number of hydrogen-bond acceptors (Lipinski definition) is 6. The van der Waals surface area contributed by atoms with Gasteiger partial charge in [-0.25, -0.2) is 0 Å². The molecule has 0 bridgehead atoms. The summed E-state index contributed by atoms with van der Waals surface area (Å²) in [7, 11) is 0. The number of rotatable bonds is 6. The quantitative estimate of drug-likeness (QED) is 0.426. The van der Waals surface area contributed by atoms with Crippen molar-refractivity contribution in [3.63, 3.8) is 0 Å². The number of nitrogens with zero attached hydrogens (tertiary/aromatic N) is 2. The molecule has 1 aromatic rings. The lowest BCUT2D eigenvalue weighted by molar-refractivity contribution is -0.116. The maximum absolute atomic E-state index is 11.1. The zero-order chi connectivity index (χ0) is 15.9. The lowest BCUT2D eigenvalue weighted by atomic mass is 10.2. The van der Waals surface area contributed by atoms with Crippen molar-refractivity contribution >= 4 is 51.6 Å². The van der Waals surface area contributed by atoms with Crippen LogP contribution < -0.4 is 14.8 Å². The second kappa shape index (κ2) is 8.37. The van der Waals surface area contributed by atoms with Crippen LogP contribution in [0.15, 0.2) is 22.3 Å². The van der Waals surface area contributed by atoms with Crippen LogP contribution in [0.2, 0.25) is 0 Å². The Balaban J connectivity index is 2.18. The van der Waals surface area contributed by atoms with Crippen LogP contribution in [0, 0.1) is 3.57 Å². The lowest BCUT2D eigenvalue weighted by Crippen LogP contribution is -2.19. The van der Waals surface area contributed by atoms with E-state index in [4.69, 9.17) is 9.47 Å². The van der Waals surface area contributed by atoms with E-state index in [2.05, 4.69) is 38.1 Å². The fraction of sp³-hybridized carbons (Fsp3) is 0.357. The molecule has 0 aliphatic carbocycles. The van der Waals surface area contributed by atoms with Gasteiger partial charge in [0.25, 0.3) is 0 Å². The number of carbonyl (C=O) groups excluding carboxylic acids is 1. The Hall–Kier alpha value is -1.29. The number of benzene rings is 1. The van der Waals surface area contributed by atoms with Crippen LogP contribution in [0.1, 0.15) is 19.4 Å². The van der Waals surface area contributed by atoms with Gasteiger partial charge in [-0.15, -0.1) is 5.10 Å². The summed E-state index contributed by atoms with van der Waals surface area (Å²) in [6.45, 7) is 5.00. The first-order chi connectivity index (χ1) is 10.6. The summed E-state index contributed by atoms with van der Waals surface area (Å²) in [5, 5.41) is 11.1. The Labute approximate surface area is 146 Å². The Morgan fingerprint density at radius 1 is 1.36 bits per heavy atom. The van der Waals surface area contributed by atoms with Crippen molar-refractivity contribution in [2.24, 2.45) is 10.2 Å². The number of ether oxygens (including phenoxy) is 2. The van der Waals surface area contributed by atoms with E-state index in [1.165, 1.54) is 11.8 Å². The Morgan fingerprint density at radius 3 is 2.77 bits per heavy atom. The third-order valence-electron chi connectivity index (χ3n) is 2.56. The first-order valence-electron chi connectivity index (χ1n) is 6.76. The molecule has 1 N–H and O–H groups in total. The predicted octanol–water partition coefficient (Wildman–Crippen LogP) is 2.64. The van der Waals surface area contributed by atoms with Crippen LogP contribution in [0.25, 0.3) is 0 Å². The van der Waals surface area contributed by atoms with Crippen molar-refractivity contribution in [1.82, 2.24) is 5.32 Å². The number of carbonyl (C=O) groups is 1. The SMILES string of the molecule is CCOc1cc(C=NN=C2NC(=O)CS2)cc(I)c1OCC. The highest BCUT2D eigenvalue weighted by molar-refractivity contribution is 14.1. The number of nitrogens with one attached hydrogen (secondary N) is 1. The molecule has 1 aliphatic heterocycles. The molecule has 0 unspecified atom stereocenters. The van der Waals surface area contributed by atoms with Crippen molar-refractivity contribution in [2.75, 3.05) is 19.0 Å². The minimum absolute atomic E-state index is 0.0480. The monoisotopic (exact) mass is 433 g/mol. The molecule has 0 aromatic heterocycles. The minimum Gasteiger partial charge on any atom is -0.490 e. The van der Waals surface area contributed by atoms with Crippen LogP contribution in [0.3, 0.4) is 0 Å². The second-order valence-electron chi connectivity index (χ2n) is 4.18. The average Bonchev–Trinajstić information content (AvgIpc) is 2.89. The third kappa shape index (κ3) is 4.60. The summed E-state index contributed by atoms with van der Waals surface area (Å²) < 4.78 is 12.2. The van der Waals surface area contributed by atoms with E-state index >= 15 is 0 Å². The first kappa shape index (κ1) is 17.1. The van der Waals surface area contributed by atoms with E-state index in [-0.39, 0.29) is 5.91 Å². The van der Waals surface area contributed by atoms with Gasteiger partial charge in [-0.2, -0.15) is 5.10 Å². The van der Waals surface area contributed by atoms with Crippen LogP contribution in [0.5, 0.6) is 11.5 Å². The molecule has 1 aliphatic rings. The highest BCUT2D eigenvalue weighted by Crippen LogP contribution is 2.33. The molecule has 0 atom stereocenters. The summed E-state index contributed by atoms with van der Waals surface area (Å²) in [6, 6.07) is 3.80. The molecule has 1 aromatic carbocycles. The first-order valence-corrected chi connectivity index (χ1v) is 8.83. The zero-order valence-electron chi connectivity index (χ0n) is 12.3. The van der Waals surface area contributed by atoms with Gasteiger partial charge in [0.2, 0.25) is 5.91 Å². The lowest BCUT2D eigenvalue weighted by Gasteiger charge is -2.13. The van der Waals surface area contributed by atoms with Crippen molar-refractivity contribution in [2.45, 2.75) is 13.8 Å². The molecule has 1 saturated heterocycles. The van der Waals surface area contributed by atoms with Crippen LogP contribution >= 0.6 is 34.4 Å². The summed E-state index contributed by atoms with van der Waals surface area (Å²) in [4.78, 5) is 11.1. The Bertz CT molecular complexity index is 620. The molecule has 0 saturated carbocycles. The van der Waals surface area contributed by atoms with E-state index in [1.54, 1.807) is 6.21 Å². The number of amidine groups is 1. The van der Waals surface area contributed by atoms with Gasteiger partial charge in [0.05, 0.1) is 28.8 Å². The molecule has 0 spiro atoms. The smallest absolute Gasteiger partial charge is 0.236 e. The molecule has 1 amide bonds. The van der Waals surface area contributed by atoms with Gasteiger partial charge in [0.1, 0.15) is 0 Å². The minimum atomic E-state index is -0.0480. The van der Waals surface area contributed by atoms with Crippen molar-refractivity contribution in [1.29, 1.82) is 0 Å². The normalized spacial score (nSPS) is 16.3. The molecule has 0 radical (unpaired) electrons. The van der Waals surface area contributed by atoms with Crippen LogP contribution in [-0.4, -0.2) is 36.3 Å². The van der Waals surface area contributed by atoms with E-state index < -0.39 is 0 Å². The average molecular weight is 433 g/mol. The number of hydrogen-bond donors (Lipinski definition) is 1. The Morgan fingerprint density at radius 2 is 2.14 bits per heavy atom. The zero-order valence-corrected chi connectivity index (χ0v) is 15.2. The number of amides is 1. The Kier molecular flexibility index (Phi) is 6.49. The topological polar surface area (TPSA) is 72.3 Å². The molecular formula is C14H16IN3O3S. The van der Waals surface area contributed by atoms with Gasteiger partial charge in [0.15, 0.2) is 16.7 Å². The van der Waals surface area contributed by atoms with Crippen molar-refractivity contribution in [3.05, 3.63) is 21.3 Å². The third-order valence-corrected chi connectivity index (χ3v) is 4.23. The van der Waals surface area contributed by atoms with Gasteiger partial charge in [-0.3, -0.25) is 4.79 Å². The van der Waals surface area contributed by atoms with Crippen LogP contribution in [-0.2, 0) is 4.79 Å². The highest BCUT2D eigenvalue weighted by Gasteiger charge is 2.16. The van der Waals surface area contributed by atoms with Crippen molar-refractivity contribution < 1.29 is 14.3 Å². The van der Waals surface area contributed by atoms with E-state index in [0.717, 1.165) is 14.9 Å². The second-order valence-corrected chi connectivity index (χ2v) is 6.31.